The molecule has 112 valence electrons. The van der Waals surface area contributed by atoms with Crippen LogP contribution >= 0.6 is 0 Å². The molecule has 0 aromatic heterocycles. The third kappa shape index (κ3) is 6.22. The summed E-state index contributed by atoms with van der Waals surface area (Å²) >= 11 is 0. The highest BCUT2D eigenvalue weighted by Gasteiger charge is 2.31. The Morgan fingerprint density at radius 3 is 2.74 bits per heavy atom. The average molecular weight is 284 g/mol. The lowest BCUT2D eigenvalue weighted by molar-refractivity contribution is -0.175. The number of nitrogens with two attached hydrogens (primary N) is 1. The topological polar surface area (TPSA) is 73.6 Å². The van der Waals surface area contributed by atoms with Gasteiger partial charge < -0.3 is 20.5 Å². The molecule has 0 bridgehead atoms. The maximum Gasteiger partial charge on any atom is 0.411 e. The van der Waals surface area contributed by atoms with E-state index in [9.17, 15) is 18.0 Å². The molecule has 19 heavy (non-hydrogen) atoms. The third-order valence-electron chi connectivity index (χ3n) is 2.69. The number of hydrogen-bond donors (Lipinski definition) is 2. The number of rotatable bonds is 6. The molecule has 1 saturated heterocycles. The van der Waals surface area contributed by atoms with Crippen molar-refractivity contribution in [2.24, 2.45) is 5.73 Å². The molecule has 1 unspecified atom stereocenters. The van der Waals surface area contributed by atoms with Crippen LogP contribution in [0.4, 0.5) is 13.2 Å². The summed E-state index contributed by atoms with van der Waals surface area (Å²) in [5, 5.41) is 2.56. The first kappa shape index (κ1) is 16.2. The van der Waals surface area contributed by atoms with Gasteiger partial charge in [-0.25, -0.2) is 0 Å². The second-order valence-corrected chi connectivity index (χ2v) is 4.60. The summed E-state index contributed by atoms with van der Waals surface area (Å²) in [6, 6.07) is -0.504. The minimum Gasteiger partial charge on any atom is -0.370 e. The zero-order chi connectivity index (χ0) is 14.5. The Balaban J connectivity index is 2.21. The SMILES string of the molecule is CC(COCC(F)(F)F)NC(=O)[C@@H]1CC[C@H](CN)O1. The van der Waals surface area contributed by atoms with Gasteiger partial charge in [-0.05, 0) is 19.8 Å². The fourth-order valence-electron chi connectivity index (χ4n) is 1.80. The monoisotopic (exact) mass is 284 g/mol. The van der Waals surface area contributed by atoms with E-state index in [0.717, 1.165) is 0 Å². The number of amides is 1. The Labute approximate surface area is 109 Å². The molecule has 0 aliphatic carbocycles. The molecule has 5 nitrogen and oxygen atoms in total. The number of ether oxygens (including phenoxy) is 2. The first-order valence-corrected chi connectivity index (χ1v) is 6.12. The molecule has 0 radical (unpaired) electrons. The van der Waals surface area contributed by atoms with Gasteiger partial charge in [0.1, 0.15) is 12.7 Å². The lowest BCUT2D eigenvalue weighted by Gasteiger charge is -2.18. The lowest BCUT2D eigenvalue weighted by Crippen LogP contribution is -2.42. The summed E-state index contributed by atoms with van der Waals surface area (Å²) in [7, 11) is 0. The summed E-state index contributed by atoms with van der Waals surface area (Å²) in [6.45, 7) is 0.415. The minimum atomic E-state index is -4.35. The highest BCUT2D eigenvalue weighted by atomic mass is 19.4. The Morgan fingerprint density at radius 2 is 2.21 bits per heavy atom. The lowest BCUT2D eigenvalue weighted by atomic mass is 10.2. The molecule has 1 heterocycles. The number of carbonyl (C=O) groups excluding carboxylic acids is 1. The predicted molar refractivity (Wildman–Crippen MR) is 61.4 cm³/mol. The first-order valence-electron chi connectivity index (χ1n) is 6.12. The van der Waals surface area contributed by atoms with Crippen molar-refractivity contribution in [2.45, 2.75) is 44.2 Å². The molecule has 0 aromatic rings. The molecule has 0 spiro atoms. The molecule has 0 saturated carbocycles. The van der Waals surface area contributed by atoms with Crippen molar-refractivity contribution < 1.29 is 27.4 Å². The summed E-state index contributed by atoms with van der Waals surface area (Å²) < 4.78 is 45.4. The van der Waals surface area contributed by atoms with Gasteiger partial charge in [-0.1, -0.05) is 0 Å². The Morgan fingerprint density at radius 1 is 1.53 bits per heavy atom. The Hall–Kier alpha value is -0.860. The smallest absolute Gasteiger partial charge is 0.370 e. The van der Waals surface area contributed by atoms with Crippen molar-refractivity contribution in [3.63, 3.8) is 0 Å². The van der Waals surface area contributed by atoms with Gasteiger partial charge in [0.05, 0.1) is 12.7 Å². The van der Waals surface area contributed by atoms with Crippen LogP contribution in [0.5, 0.6) is 0 Å². The van der Waals surface area contributed by atoms with E-state index in [4.69, 9.17) is 10.5 Å². The molecule has 1 aliphatic heterocycles. The van der Waals surface area contributed by atoms with E-state index in [2.05, 4.69) is 10.1 Å². The van der Waals surface area contributed by atoms with Gasteiger partial charge in [-0.15, -0.1) is 0 Å². The van der Waals surface area contributed by atoms with Crippen LogP contribution in [0.1, 0.15) is 19.8 Å². The molecule has 8 heteroatoms. The minimum absolute atomic E-state index is 0.118. The van der Waals surface area contributed by atoms with Crippen LogP contribution in [-0.4, -0.2) is 50.1 Å². The van der Waals surface area contributed by atoms with E-state index in [1.807, 2.05) is 0 Å². The van der Waals surface area contributed by atoms with Crippen molar-refractivity contribution >= 4 is 5.91 Å². The van der Waals surface area contributed by atoms with Crippen LogP contribution in [-0.2, 0) is 14.3 Å². The van der Waals surface area contributed by atoms with Gasteiger partial charge in [0.25, 0.3) is 0 Å². The van der Waals surface area contributed by atoms with Gasteiger partial charge in [0, 0.05) is 12.6 Å². The second kappa shape index (κ2) is 7.06. The fraction of sp³-hybridized carbons (Fsp3) is 0.909. The fourth-order valence-corrected chi connectivity index (χ4v) is 1.80. The molecule has 1 rings (SSSR count). The van der Waals surface area contributed by atoms with Crippen LogP contribution in [0.2, 0.25) is 0 Å². The first-order chi connectivity index (χ1) is 8.81. The van der Waals surface area contributed by atoms with Crippen molar-refractivity contribution in [2.75, 3.05) is 19.8 Å². The van der Waals surface area contributed by atoms with Crippen molar-refractivity contribution in [3.05, 3.63) is 0 Å². The quantitative estimate of drug-likeness (QED) is 0.748. The van der Waals surface area contributed by atoms with E-state index in [1.165, 1.54) is 0 Å². The number of alkyl halides is 3. The van der Waals surface area contributed by atoms with Crippen LogP contribution in [0.15, 0.2) is 0 Å². The number of hydrogen-bond acceptors (Lipinski definition) is 4. The molecular weight excluding hydrogens is 265 g/mol. The van der Waals surface area contributed by atoms with Crippen molar-refractivity contribution in [3.8, 4) is 0 Å². The molecule has 0 aromatic carbocycles. The van der Waals surface area contributed by atoms with Gasteiger partial charge in [-0.2, -0.15) is 13.2 Å². The molecule has 1 amide bonds. The maximum atomic E-state index is 11.9. The molecular formula is C11H19F3N2O3. The molecule has 1 aliphatic rings. The predicted octanol–water partition coefficient (Wildman–Crippen LogP) is 0.576. The van der Waals surface area contributed by atoms with Crippen LogP contribution in [0, 0.1) is 0 Å². The molecule has 3 N–H and O–H groups in total. The molecule has 3 atom stereocenters. The van der Waals surface area contributed by atoms with Crippen molar-refractivity contribution in [1.29, 1.82) is 0 Å². The largest absolute Gasteiger partial charge is 0.411 e. The summed E-state index contributed by atoms with van der Waals surface area (Å²) in [6.07, 6.45) is -3.75. The summed E-state index contributed by atoms with van der Waals surface area (Å²) in [5.41, 5.74) is 5.42. The highest BCUT2D eigenvalue weighted by Crippen LogP contribution is 2.19. The highest BCUT2D eigenvalue weighted by molar-refractivity contribution is 5.81. The normalized spacial score (nSPS) is 25.3. The van der Waals surface area contributed by atoms with E-state index < -0.39 is 24.9 Å². The van der Waals surface area contributed by atoms with Crippen molar-refractivity contribution in [1.82, 2.24) is 5.32 Å². The maximum absolute atomic E-state index is 11.9. The van der Waals surface area contributed by atoms with Gasteiger partial charge >= 0.3 is 6.18 Å². The van der Waals surface area contributed by atoms with E-state index in [1.54, 1.807) is 6.92 Å². The third-order valence-corrected chi connectivity index (χ3v) is 2.69. The Kier molecular flexibility index (Phi) is 6.02. The summed E-state index contributed by atoms with van der Waals surface area (Å²) in [5.74, 6) is -0.334. The number of carbonyl (C=O) groups is 1. The van der Waals surface area contributed by atoms with Crippen LogP contribution in [0.25, 0.3) is 0 Å². The van der Waals surface area contributed by atoms with Crippen LogP contribution < -0.4 is 11.1 Å². The number of halogens is 3. The zero-order valence-electron chi connectivity index (χ0n) is 10.7. The van der Waals surface area contributed by atoms with Gasteiger partial charge in [0.15, 0.2) is 0 Å². The molecule has 1 fully saturated rings. The zero-order valence-corrected chi connectivity index (χ0v) is 10.7. The second-order valence-electron chi connectivity index (χ2n) is 4.60. The average Bonchev–Trinajstić information content (AvgIpc) is 2.75. The van der Waals surface area contributed by atoms with E-state index >= 15 is 0 Å². The van der Waals surface area contributed by atoms with E-state index in [-0.39, 0.29) is 18.6 Å². The van der Waals surface area contributed by atoms with Crippen LogP contribution in [0.3, 0.4) is 0 Å². The summed E-state index contributed by atoms with van der Waals surface area (Å²) in [4.78, 5) is 11.7. The standard InChI is InChI=1S/C11H19F3N2O3/c1-7(5-18-6-11(12,13)14)16-10(17)9-3-2-8(4-15)19-9/h7-9H,2-6,15H2,1H3,(H,16,17)/t7?,8-,9+/m1/s1. The van der Waals surface area contributed by atoms with Gasteiger partial charge in [-0.3, -0.25) is 4.79 Å². The number of nitrogens with one attached hydrogen (secondary N) is 1. The van der Waals surface area contributed by atoms with E-state index in [0.29, 0.717) is 19.4 Å². The Bertz CT molecular complexity index is 299. The van der Waals surface area contributed by atoms with Gasteiger partial charge in [0.2, 0.25) is 5.91 Å².